The first-order chi connectivity index (χ1) is 7.33. The van der Waals surface area contributed by atoms with Crippen LogP contribution in [0.25, 0.3) is 0 Å². The highest BCUT2D eigenvalue weighted by molar-refractivity contribution is 7.80. The molecular weight excluding hydrogens is 224 g/mol. The smallest absolute Gasteiger partial charge is 0.271 e. The Morgan fingerprint density at radius 1 is 1.69 bits per heavy atom. The molecule has 0 radical (unpaired) electrons. The van der Waals surface area contributed by atoms with E-state index in [1.54, 1.807) is 24.0 Å². The number of rotatable bonds is 4. The number of nitrogens with zero attached hydrogens (tertiary/aromatic N) is 2. The average molecular weight is 240 g/mol. The normalized spacial score (nSPS) is 11.2. The highest BCUT2D eigenvalue weighted by Gasteiger charge is 2.22. The van der Waals surface area contributed by atoms with Gasteiger partial charge < -0.3 is 11.1 Å². The monoisotopic (exact) mass is 240 g/mol. The molecule has 5 nitrogen and oxygen atoms in total. The molecule has 0 aliphatic rings. The van der Waals surface area contributed by atoms with Gasteiger partial charge in [0.05, 0.1) is 4.99 Å². The fraction of sp³-hybridized carbons (Fsp3) is 0.500. The van der Waals surface area contributed by atoms with Gasteiger partial charge in [-0.3, -0.25) is 9.48 Å². The van der Waals surface area contributed by atoms with Gasteiger partial charge in [0.25, 0.3) is 5.91 Å². The topological polar surface area (TPSA) is 72.9 Å². The Balaban J connectivity index is 2.57. The van der Waals surface area contributed by atoms with Crippen molar-refractivity contribution in [2.24, 2.45) is 18.2 Å². The van der Waals surface area contributed by atoms with Crippen LogP contribution in [0.15, 0.2) is 12.3 Å². The lowest BCUT2D eigenvalue weighted by Crippen LogP contribution is -2.41. The maximum absolute atomic E-state index is 11.7. The van der Waals surface area contributed by atoms with E-state index in [0.717, 1.165) is 0 Å². The maximum Gasteiger partial charge on any atom is 0.271 e. The molecule has 0 aliphatic carbocycles. The standard InChI is InChI=1S/C10H16N4OS/c1-10(2,9(11)16)6-12-8(15)7-4-5-14(3)13-7/h4-5H,6H2,1-3H3,(H2,11,16)(H,12,15). The Kier molecular flexibility index (Phi) is 3.64. The van der Waals surface area contributed by atoms with E-state index in [2.05, 4.69) is 10.4 Å². The molecule has 0 atom stereocenters. The fourth-order valence-electron chi connectivity index (χ4n) is 1.02. The number of aryl methyl sites for hydroxylation is 1. The first-order valence-electron chi connectivity index (χ1n) is 4.91. The van der Waals surface area contributed by atoms with Crippen LogP contribution in [0.5, 0.6) is 0 Å². The molecule has 0 aliphatic heterocycles. The van der Waals surface area contributed by atoms with Gasteiger partial charge in [-0.2, -0.15) is 5.10 Å². The zero-order valence-corrected chi connectivity index (χ0v) is 10.5. The molecule has 88 valence electrons. The van der Waals surface area contributed by atoms with Crippen LogP contribution in [0.1, 0.15) is 24.3 Å². The summed E-state index contributed by atoms with van der Waals surface area (Å²) in [5, 5.41) is 6.75. The van der Waals surface area contributed by atoms with Gasteiger partial charge >= 0.3 is 0 Å². The van der Waals surface area contributed by atoms with E-state index in [9.17, 15) is 4.79 Å². The zero-order valence-electron chi connectivity index (χ0n) is 9.65. The van der Waals surface area contributed by atoms with Crippen LogP contribution in [-0.4, -0.2) is 27.2 Å². The molecule has 0 saturated carbocycles. The molecule has 0 fully saturated rings. The predicted molar refractivity (Wildman–Crippen MR) is 66.1 cm³/mol. The van der Waals surface area contributed by atoms with Crippen LogP contribution >= 0.6 is 12.2 Å². The number of nitrogens with two attached hydrogens (primary N) is 1. The number of nitrogens with one attached hydrogen (secondary N) is 1. The Labute approximate surface area is 100 Å². The highest BCUT2D eigenvalue weighted by atomic mass is 32.1. The van der Waals surface area contributed by atoms with E-state index in [1.807, 2.05) is 13.8 Å². The Morgan fingerprint density at radius 2 is 2.31 bits per heavy atom. The van der Waals surface area contributed by atoms with E-state index in [0.29, 0.717) is 17.2 Å². The quantitative estimate of drug-likeness (QED) is 0.750. The summed E-state index contributed by atoms with van der Waals surface area (Å²) in [4.78, 5) is 12.0. The molecule has 0 aromatic carbocycles. The summed E-state index contributed by atoms with van der Waals surface area (Å²) in [7, 11) is 1.76. The van der Waals surface area contributed by atoms with Gasteiger partial charge in [0.1, 0.15) is 5.69 Å². The summed E-state index contributed by atoms with van der Waals surface area (Å²) in [6.45, 7) is 4.17. The molecule has 1 aromatic rings. The van der Waals surface area contributed by atoms with Crippen LogP contribution < -0.4 is 11.1 Å². The molecule has 1 aromatic heterocycles. The Hall–Kier alpha value is -1.43. The second kappa shape index (κ2) is 4.61. The first-order valence-corrected chi connectivity index (χ1v) is 5.31. The van der Waals surface area contributed by atoms with Crippen molar-refractivity contribution in [2.75, 3.05) is 6.54 Å². The molecule has 6 heteroatoms. The third-order valence-electron chi connectivity index (χ3n) is 2.30. The van der Waals surface area contributed by atoms with Crippen LogP contribution in [0.3, 0.4) is 0 Å². The second-order valence-electron chi connectivity index (χ2n) is 4.31. The second-order valence-corrected chi connectivity index (χ2v) is 4.75. The van der Waals surface area contributed by atoms with Crippen molar-refractivity contribution in [3.05, 3.63) is 18.0 Å². The third kappa shape index (κ3) is 3.03. The van der Waals surface area contributed by atoms with Crippen LogP contribution in [0.4, 0.5) is 0 Å². The van der Waals surface area contributed by atoms with Crippen molar-refractivity contribution in [2.45, 2.75) is 13.8 Å². The van der Waals surface area contributed by atoms with Gasteiger partial charge in [-0.1, -0.05) is 26.1 Å². The largest absolute Gasteiger partial charge is 0.393 e. The van der Waals surface area contributed by atoms with Crippen LogP contribution in [-0.2, 0) is 7.05 Å². The van der Waals surface area contributed by atoms with E-state index >= 15 is 0 Å². The third-order valence-corrected chi connectivity index (χ3v) is 2.86. The van der Waals surface area contributed by atoms with E-state index in [4.69, 9.17) is 18.0 Å². The molecule has 0 bridgehead atoms. The molecule has 1 rings (SSSR count). The molecular formula is C10H16N4OS. The minimum absolute atomic E-state index is 0.218. The Bertz CT molecular complexity index is 411. The summed E-state index contributed by atoms with van der Waals surface area (Å²) in [6, 6.07) is 1.66. The van der Waals surface area contributed by atoms with E-state index in [1.165, 1.54) is 0 Å². The minimum Gasteiger partial charge on any atom is -0.393 e. The van der Waals surface area contributed by atoms with Crippen LogP contribution in [0, 0.1) is 5.41 Å². The first kappa shape index (κ1) is 12.6. The average Bonchev–Trinajstić information content (AvgIpc) is 2.61. The number of amides is 1. The van der Waals surface area contributed by atoms with Crippen LogP contribution in [0.2, 0.25) is 0 Å². The molecule has 3 N–H and O–H groups in total. The maximum atomic E-state index is 11.7. The molecule has 1 amide bonds. The number of hydrogen-bond donors (Lipinski definition) is 2. The number of carbonyl (C=O) groups excluding carboxylic acids is 1. The van der Waals surface area contributed by atoms with Crippen molar-refractivity contribution in [1.29, 1.82) is 0 Å². The SMILES string of the molecule is Cn1ccc(C(=O)NCC(C)(C)C(N)=S)n1. The fourth-order valence-corrected chi connectivity index (χ4v) is 1.09. The molecule has 0 saturated heterocycles. The summed E-state index contributed by atoms with van der Waals surface area (Å²) in [5.74, 6) is -0.218. The van der Waals surface area contributed by atoms with Crippen molar-refractivity contribution in [1.82, 2.24) is 15.1 Å². The summed E-state index contributed by atoms with van der Waals surface area (Å²) < 4.78 is 1.58. The molecule has 0 unspecified atom stereocenters. The predicted octanol–water partition coefficient (Wildman–Crippen LogP) is 0.462. The van der Waals surface area contributed by atoms with Gasteiger partial charge in [0.15, 0.2) is 0 Å². The molecule has 16 heavy (non-hydrogen) atoms. The summed E-state index contributed by atoms with van der Waals surface area (Å²) >= 11 is 4.91. The summed E-state index contributed by atoms with van der Waals surface area (Å²) in [6.07, 6.45) is 1.72. The van der Waals surface area contributed by atoms with Crippen molar-refractivity contribution in [3.63, 3.8) is 0 Å². The molecule has 1 heterocycles. The van der Waals surface area contributed by atoms with E-state index < -0.39 is 0 Å². The number of aromatic nitrogens is 2. The van der Waals surface area contributed by atoms with Crippen molar-refractivity contribution < 1.29 is 4.79 Å². The van der Waals surface area contributed by atoms with Gasteiger partial charge in [0.2, 0.25) is 0 Å². The van der Waals surface area contributed by atoms with Crippen molar-refractivity contribution >= 4 is 23.1 Å². The highest BCUT2D eigenvalue weighted by Crippen LogP contribution is 2.13. The Morgan fingerprint density at radius 3 is 2.75 bits per heavy atom. The van der Waals surface area contributed by atoms with Gasteiger partial charge in [-0.25, -0.2) is 0 Å². The van der Waals surface area contributed by atoms with Crippen molar-refractivity contribution in [3.8, 4) is 0 Å². The molecule has 0 spiro atoms. The number of hydrogen-bond acceptors (Lipinski definition) is 3. The van der Waals surface area contributed by atoms with Gasteiger partial charge in [-0.15, -0.1) is 0 Å². The lowest BCUT2D eigenvalue weighted by atomic mass is 9.93. The zero-order chi connectivity index (χ0) is 12.3. The number of carbonyl (C=O) groups is 1. The van der Waals surface area contributed by atoms with Gasteiger partial charge in [-0.05, 0) is 6.07 Å². The van der Waals surface area contributed by atoms with E-state index in [-0.39, 0.29) is 11.3 Å². The van der Waals surface area contributed by atoms with Gasteiger partial charge in [0, 0.05) is 25.2 Å². The summed E-state index contributed by atoms with van der Waals surface area (Å²) in [5.41, 5.74) is 5.56. The lowest BCUT2D eigenvalue weighted by molar-refractivity contribution is 0.0939. The lowest BCUT2D eigenvalue weighted by Gasteiger charge is -2.22. The number of thiocarbonyl (C=S) groups is 1. The minimum atomic E-state index is -0.389.